The average Bonchev–Trinajstić information content (AvgIpc) is 3.21. The van der Waals surface area contributed by atoms with Crippen LogP contribution >= 0.6 is 11.3 Å². The first-order chi connectivity index (χ1) is 14.2. The Hall–Kier alpha value is -3.09. The lowest BCUT2D eigenvalue weighted by Gasteiger charge is -2.19. The van der Waals surface area contributed by atoms with Crippen LogP contribution in [0.1, 0.15) is 25.3 Å². The number of allylic oxidation sites excluding steroid dienone is 4. The van der Waals surface area contributed by atoms with Crippen molar-refractivity contribution in [2.24, 2.45) is 4.99 Å². The van der Waals surface area contributed by atoms with Gasteiger partial charge < -0.3 is 14.9 Å². The third-order valence-corrected chi connectivity index (χ3v) is 5.19. The van der Waals surface area contributed by atoms with Gasteiger partial charge >= 0.3 is 18.3 Å². The average molecular weight is 467 g/mol. The van der Waals surface area contributed by atoms with Crippen LogP contribution in [0.3, 0.4) is 0 Å². The molecular weight excluding hydrogens is 456 g/mol. The molecule has 6 nitrogen and oxygen atoms in total. The van der Waals surface area contributed by atoms with Crippen molar-refractivity contribution in [3.8, 4) is 5.06 Å². The fourth-order valence-corrected chi connectivity index (χ4v) is 3.74. The molecule has 166 valence electrons. The highest BCUT2D eigenvalue weighted by Gasteiger charge is 2.61. The summed E-state index contributed by atoms with van der Waals surface area (Å²) in [6.07, 6.45) is -12.4. The number of carboxylic acid groups (broad SMARTS) is 1. The van der Waals surface area contributed by atoms with Crippen LogP contribution in [0.5, 0.6) is 5.06 Å². The van der Waals surface area contributed by atoms with Gasteiger partial charge in [0.15, 0.2) is 10.9 Å². The van der Waals surface area contributed by atoms with Gasteiger partial charge in [0, 0.05) is 34.7 Å². The van der Waals surface area contributed by atoms with E-state index < -0.39 is 59.1 Å². The molecule has 0 aromatic carbocycles. The van der Waals surface area contributed by atoms with E-state index in [-0.39, 0.29) is 28.1 Å². The van der Waals surface area contributed by atoms with Gasteiger partial charge in [-0.1, -0.05) is 0 Å². The number of halogens is 6. The summed E-state index contributed by atoms with van der Waals surface area (Å²) in [5.41, 5.74) is -0.963. The zero-order valence-corrected chi connectivity index (χ0v) is 16.1. The summed E-state index contributed by atoms with van der Waals surface area (Å²) in [5.74, 6) is -4.76. The molecule has 2 aliphatic rings. The molecule has 0 saturated carbocycles. The number of thiophene rings is 1. The van der Waals surface area contributed by atoms with E-state index in [2.05, 4.69) is 9.73 Å². The number of aliphatic hydroxyl groups excluding tert-OH is 1. The van der Waals surface area contributed by atoms with Crippen molar-refractivity contribution in [1.82, 2.24) is 0 Å². The number of fused-ring (bicyclic) bond motifs is 1. The van der Waals surface area contributed by atoms with E-state index in [9.17, 15) is 41.0 Å². The van der Waals surface area contributed by atoms with Crippen molar-refractivity contribution in [2.75, 3.05) is 0 Å². The smallest absolute Gasteiger partial charge is 0.499 e. The van der Waals surface area contributed by atoms with E-state index in [1.807, 2.05) is 0 Å². The number of aliphatic imine (C=N–C) groups is 1. The van der Waals surface area contributed by atoms with Gasteiger partial charge in [-0.05, 0) is 12.5 Å². The maximum absolute atomic E-state index is 14.7. The minimum absolute atomic E-state index is 0.00694. The molecule has 2 N–H and O–H groups in total. The van der Waals surface area contributed by atoms with Crippen LogP contribution in [-0.2, 0) is 9.59 Å². The molecule has 0 bridgehead atoms. The zero-order valence-electron chi connectivity index (χ0n) is 15.3. The molecule has 0 unspecified atom stereocenters. The summed E-state index contributed by atoms with van der Waals surface area (Å²) in [6, 6.07) is 0.646. The van der Waals surface area contributed by atoms with Gasteiger partial charge in [0.2, 0.25) is 5.78 Å². The Morgan fingerprint density at radius 3 is 2.48 bits per heavy atom. The van der Waals surface area contributed by atoms with Gasteiger partial charge in [0.1, 0.15) is 5.76 Å². The molecule has 1 aromatic heterocycles. The minimum Gasteiger partial charge on any atom is -0.507 e. The summed E-state index contributed by atoms with van der Waals surface area (Å²) in [4.78, 5) is 27.4. The number of hydrogen-bond acceptors (Lipinski definition) is 6. The molecule has 0 saturated heterocycles. The quantitative estimate of drug-likeness (QED) is 0.363. The molecule has 1 aromatic rings. The van der Waals surface area contributed by atoms with E-state index in [0.29, 0.717) is 17.4 Å². The summed E-state index contributed by atoms with van der Waals surface area (Å²) in [6.45, 7) is 1.42. The number of nitrogens with zero attached hydrogens (tertiary/aromatic N) is 1. The van der Waals surface area contributed by atoms with Crippen molar-refractivity contribution in [1.29, 1.82) is 0 Å². The largest absolute Gasteiger partial charge is 0.507 e. The number of rotatable bonds is 5. The highest BCUT2D eigenvalue weighted by molar-refractivity contribution is 7.12. The molecule has 2 heterocycles. The summed E-state index contributed by atoms with van der Waals surface area (Å²) >= 11 is 0.297. The number of carbonyl (C=O) groups is 2. The minimum atomic E-state index is -5.97. The molecule has 13 heteroatoms. The maximum atomic E-state index is 14.7. The number of alkyl halides is 5. The Bertz CT molecular complexity index is 1110. The maximum Gasteiger partial charge on any atom is 0.499 e. The first-order valence-corrected chi connectivity index (χ1v) is 9.19. The van der Waals surface area contributed by atoms with Crippen LogP contribution in [0.25, 0.3) is 5.76 Å². The molecule has 0 spiro atoms. The highest BCUT2D eigenvalue weighted by atomic mass is 32.1. The predicted molar refractivity (Wildman–Crippen MR) is 95.6 cm³/mol. The number of Topliss-reactive ketones (excluding diaryl/α,β-unsaturated/α-hetero) is 1. The first kappa shape index (κ1) is 22.6. The number of aliphatic hydroxyl groups is 1. The lowest BCUT2D eigenvalue weighted by atomic mass is 9.85. The van der Waals surface area contributed by atoms with Gasteiger partial charge in [-0.15, -0.1) is 11.3 Å². The number of carbonyl (C=O) groups excluding carboxylic acids is 1. The number of carboxylic acids is 1. The van der Waals surface area contributed by atoms with Crippen LogP contribution in [0.15, 0.2) is 44.7 Å². The second-order valence-corrected chi connectivity index (χ2v) is 7.36. The molecule has 1 aliphatic heterocycles. The molecule has 0 radical (unpaired) electrons. The Labute approximate surface area is 173 Å². The lowest BCUT2D eigenvalue weighted by molar-refractivity contribution is -0.359. The SMILES string of the molecule is CC1=C(CC(=O)O)C2=C(F)C(=O)C(=C(O)c3csc(OC(F)(F)C(F)(F)F)c3)CC2=N1. The van der Waals surface area contributed by atoms with Crippen LogP contribution in [-0.4, -0.2) is 40.0 Å². The van der Waals surface area contributed by atoms with Crippen LogP contribution in [0, 0.1) is 0 Å². The normalized spacial score (nSPS) is 18.9. The molecule has 3 rings (SSSR count). The Balaban J connectivity index is 1.94. The Kier molecular flexibility index (Phi) is 5.50. The van der Waals surface area contributed by atoms with E-state index in [4.69, 9.17) is 5.11 Å². The first-order valence-electron chi connectivity index (χ1n) is 8.31. The Morgan fingerprint density at radius 2 is 1.90 bits per heavy atom. The van der Waals surface area contributed by atoms with Crippen molar-refractivity contribution in [3.05, 3.63) is 45.3 Å². The second-order valence-electron chi connectivity index (χ2n) is 6.49. The molecular formula is C18H11F6NO5S. The van der Waals surface area contributed by atoms with Crippen LogP contribution in [0.2, 0.25) is 0 Å². The van der Waals surface area contributed by atoms with E-state index >= 15 is 0 Å². The van der Waals surface area contributed by atoms with Gasteiger partial charge in [0.25, 0.3) is 0 Å². The summed E-state index contributed by atoms with van der Waals surface area (Å²) in [5, 5.41) is 19.4. The van der Waals surface area contributed by atoms with Crippen LogP contribution in [0.4, 0.5) is 26.3 Å². The number of aliphatic carboxylic acids is 1. The van der Waals surface area contributed by atoms with E-state index in [1.165, 1.54) is 6.92 Å². The molecule has 0 amide bonds. The lowest BCUT2D eigenvalue weighted by Crippen LogP contribution is -2.41. The van der Waals surface area contributed by atoms with Crippen molar-refractivity contribution >= 4 is 34.6 Å². The van der Waals surface area contributed by atoms with Gasteiger partial charge in [-0.2, -0.15) is 22.0 Å². The highest BCUT2D eigenvalue weighted by Crippen LogP contribution is 2.42. The van der Waals surface area contributed by atoms with Gasteiger partial charge in [-0.3, -0.25) is 14.6 Å². The third kappa shape index (κ3) is 4.09. The summed E-state index contributed by atoms with van der Waals surface area (Å²) < 4.78 is 81.2. The monoisotopic (exact) mass is 467 g/mol. The summed E-state index contributed by atoms with van der Waals surface area (Å²) in [7, 11) is 0. The van der Waals surface area contributed by atoms with Crippen molar-refractivity contribution in [3.63, 3.8) is 0 Å². The molecule has 0 fully saturated rings. The van der Waals surface area contributed by atoms with Crippen LogP contribution < -0.4 is 4.74 Å². The molecule has 0 atom stereocenters. The number of ether oxygens (including phenoxy) is 1. The number of hydrogen-bond donors (Lipinski definition) is 2. The third-order valence-electron chi connectivity index (χ3n) is 4.39. The molecule has 1 aliphatic carbocycles. The van der Waals surface area contributed by atoms with E-state index in [0.717, 1.165) is 5.38 Å². The van der Waals surface area contributed by atoms with Gasteiger partial charge in [-0.25, -0.2) is 4.39 Å². The fraction of sp³-hybridized carbons (Fsp3) is 0.278. The molecule has 31 heavy (non-hydrogen) atoms. The standard InChI is InChI=1S/C18H11F6NO5S/c1-6-8(4-11(26)27)13-10(25-6)3-9(16(29)14(13)19)15(28)7-2-12(31-5-7)30-18(23,24)17(20,21)22/h2,5,28H,3-4H2,1H3,(H,26,27). The Morgan fingerprint density at radius 1 is 1.26 bits per heavy atom. The van der Waals surface area contributed by atoms with Gasteiger partial charge in [0.05, 0.1) is 17.7 Å². The van der Waals surface area contributed by atoms with Crippen molar-refractivity contribution in [2.45, 2.75) is 32.1 Å². The second kappa shape index (κ2) is 7.55. The number of ketones is 1. The topological polar surface area (TPSA) is 96.2 Å². The fourth-order valence-electron chi connectivity index (χ4n) is 2.97. The van der Waals surface area contributed by atoms with E-state index in [1.54, 1.807) is 0 Å². The zero-order chi connectivity index (χ0) is 23.3. The van der Waals surface area contributed by atoms with Crippen molar-refractivity contribution < 1.29 is 50.9 Å². The predicted octanol–water partition coefficient (Wildman–Crippen LogP) is 4.95.